The Morgan fingerprint density at radius 2 is 2.18 bits per heavy atom. The maximum Gasteiger partial charge on any atom is 0.258 e. The zero-order valence-electron chi connectivity index (χ0n) is 9.48. The van der Waals surface area contributed by atoms with Gasteiger partial charge in [0, 0.05) is 13.2 Å². The highest BCUT2D eigenvalue weighted by molar-refractivity contribution is 5.81. The van der Waals surface area contributed by atoms with Crippen LogP contribution in [0.3, 0.4) is 0 Å². The van der Waals surface area contributed by atoms with Gasteiger partial charge in [0.15, 0.2) is 11.5 Å². The van der Waals surface area contributed by atoms with Crippen LogP contribution in [0.1, 0.15) is 5.82 Å². The summed E-state index contributed by atoms with van der Waals surface area (Å²) in [5.74, 6) is 0.614. The Hall–Kier alpha value is -2.08. The van der Waals surface area contributed by atoms with Crippen molar-refractivity contribution in [1.29, 1.82) is 0 Å². The first kappa shape index (κ1) is 11.4. The molecule has 0 amide bonds. The van der Waals surface area contributed by atoms with Crippen LogP contribution in [0.25, 0.3) is 10.9 Å². The molecule has 1 heterocycles. The molecule has 2 N–H and O–H groups in total. The number of methoxy groups -OCH3 is 2. The summed E-state index contributed by atoms with van der Waals surface area (Å²) < 4.78 is 9.86. The van der Waals surface area contributed by atoms with E-state index in [0.29, 0.717) is 16.7 Å². The molecule has 0 radical (unpaired) electrons. The number of H-pyrrole nitrogens is 1. The van der Waals surface area contributed by atoms with Gasteiger partial charge in [-0.25, -0.2) is 4.98 Å². The van der Waals surface area contributed by atoms with Crippen molar-refractivity contribution in [2.45, 2.75) is 6.61 Å². The number of benzene rings is 1. The van der Waals surface area contributed by atoms with Gasteiger partial charge in [0.25, 0.3) is 5.56 Å². The fourth-order valence-electron chi connectivity index (χ4n) is 1.57. The minimum Gasteiger partial charge on any atom is -0.504 e. The maximum atomic E-state index is 11.7. The Kier molecular flexibility index (Phi) is 2.97. The predicted molar refractivity (Wildman–Crippen MR) is 61.3 cm³/mol. The standard InChI is InChI=1S/C11H12N2O4/c1-16-5-10-12-7-4-9(17-2)8(14)3-6(7)11(15)13-10/h3-4,14H,5H2,1-2H3,(H,12,13,15). The topological polar surface area (TPSA) is 84.4 Å². The molecular formula is C11H12N2O4. The Labute approximate surface area is 96.8 Å². The molecule has 0 aliphatic heterocycles. The van der Waals surface area contributed by atoms with Crippen molar-refractivity contribution in [3.63, 3.8) is 0 Å². The molecular weight excluding hydrogens is 224 g/mol. The van der Waals surface area contributed by atoms with E-state index < -0.39 is 0 Å². The van der Waals surface area contributed by atoms with Crippen LogP contribution < -0.4 is 10.3 Å². The van der Waals surface area contributed by atoms with Gasteiger partial charge in [0.05, 0.1) is 18.0 Å². The number of nitrogens with zero attached hydrogens (tertiary/aromatic N) is 1. The van der Waals surface area contributed by atoms with Crippen molar-refractivity contribution >= 4 is 10.9 Å². The summed E-state index contributed by atoms with van der Waals surface area (Å²) in [7, 11) is 2.95. The molecule has 1 aromatic heterocycles. The lowest BCUT2D eigenvalue weighted by molar-refractivity contribution is 0.178. The number of phenols is 1. The third kappa shape index (κ3) is 2.07. The van der Waals surface area contributed by atoms with Crippen molar-refractivity contribution in [3.8, 4) is 11.5 Å². The third-order valence-electron chi connectivity index (χ3n) is 2.34. The summed E-state index contributed by atoms with van der Waals surface area (Å²) in [6, 6.07) is 2.84. The molecule has 0 saturated carbocycles. The Bertz CT molecular complexity index is 606. The molecule has 0 unspecified atom stereocenters. The van der Waals surface area contributed by atoms with Gasteiger partial charge in [-0.05, 0) is 6.07 Å². The normalized spacial score (nSPS) is 10.7. The van der Waals surface area contributed by atoms with E-state index in [9.17, 15) is 9.90 Å². The molecule has 17 heavy (non-hydrogen) atoms. The van der Waals surface area contributed by atoms with Crippen LogP contribution in [0.15, 0.2) is 16.9 Å². The van der Waals surface area contributed by atoms with E-state index in [1.165, 1.54) is 26.4 Å². The summed E-state index contributed by atoms with van der Waals surface area (Å²) in [6.07, 6.45) is 0. The highest BCUT2D eigenvalue weighted by Crippen LogP contribution is 2.28. The van der Waals surface area contributed by atoms with E-state index in [-0.39, 0.29) is 23.7 Å². The second-order valence-corrected chi connectivity index (χ2v) is 3.49. The average Bonchev–Trinajstić information content (AvgIpc) is 2.30. The summed E-state index contributed by atoms with van der Waals surface area (Å²) in [4.78, 5) is 18.5. The molecule has 0 fully saturated rings. The fourth-order valence-corrected chi connectivity index (χ4v) is 1.57. The largest absolute Gasteiger partial charge is 0.504 e. The van der Waals surface area contributed by atoms with Crippen molar-refractivity contribution in [2.75, 3.05) is 14.2 Å². The molecule has 0 saturated heterocycles. The molecule has 90 valence electrons. The number of aromatic hydroxyl groups is 1. The van der Waals surface area contributed by atoms with Crippen LogP contribution in [-0.2, 0) is 11.3 Å². The zero-order valence-corrected chi connectivity index (χ0v) is 9.48. The number of fused-ring (bicyclic) bond motifs is 1. The molecule has 0 bridgehead atoms. The number of hydrogen-bond donors (Lipinski definition) is 2. The SMILES string of the molecule is COCc1nc2cc(OC)c(O)cc2c(=O)[nH]1. The summed E-state index contributed by atoms with van der Waals surface area (Å²) >= 11 is 0. The third-order valence-corrected chi connectivity index (χ3v) is 2.34. The molecule has 6 heteroatoms. The molecule has 2 rings (SSSR count). The van der Waals surface area contributed by atoms with Gasteiger partial charge in [-0.3, -0.25) is 4.79 Å². The number of aromatic amines is 1. The van der Waals surface area contributed by atoms with Gasteiger partial charge in [0.2, 0.25) is 0 Å². The molecule has 2 aromatic rings. The number of hydrogen-bond acceptors (Lipinski definition) is 5. The van der Waals surface area contributed by atoms with Crippen LogP contribution in [0.4, 0.5) is 0 Å². The highest BCUT2D eigenvalue weighted by Gasteiger charge is 2.09. The van der Waals surface area contributed by atoms with Gasteiger partial charge in [-0.15, -0.1) is 0 Å². The second kappa shape index (κ2) is 4.42. The summed E-state index contributed by atoms with van der Waals surface area (Å²) in [5, 5.41) is 9.88. The minimum absolute atomic E-state index is 0.0909. The first-order valence-electron chi connectivity index (χ1n) is 4.94. The van der Waals surface area contributed by atoms with Crippen LogP contribution >= 0.6 is 0 Å². The van der Waals surface area contributed by atoms with Crippen LogP contribution in [0.5, 0.6) is 11.5 Å². The zero-order chi connectivity index (χ0) is 12.4. The van der Waals surface area contributed by atoms with Gasteiger partial charge in [-0.1, -0.05) is 0 Å². The lowest BCUT2D eigenvalue weighted by Crippen LogP contribution is -2.12. The van der Waals surface area contributed by atoms with E-state index in [0.717, 1.165) is 0 Å². The summed E-state index contributed by atoms with van der Waals surface area (Å²) in [6.45, 7) is 0.217. The molecule has 0 atom stereocenters. The lowest BCUT2D eigenvalue weighted by Gasteiger charge is -2.06. The summed E-state index contributed by atoms with van der Waals surface area (Å²) in [5.41, 5.74) is 0.135. The van der Waals surface area contributed by atoms with Crippen molar-refractivity contribution in [3.05, 3.63) is 28.3 Å². The predicted octanol–water partition coefficient (Wildman–Crippen LogP) is 0.784. The van der Waals surface area contributed by atoms with E-state index in [2.05, 4.69) is 9.97 Å². The minimum atomic E-state index is -0.319. The van der Waals surface area contributed by atoms with Gasteiger partial charge in [0.1, 0.15) is 12.4 Å². The van der Waals surface area contributed by atoms with Crippen LogP contribution in [0.2, 0.25) is 0 Å². The monoisotopic (exact) mass is 236 g/mol. The van der Waals surface area contributed by atoms with E-state index in [4.69, 9.17) is 9.47 Å². The molecule has 0 aliphatic rings. The number of ether oxygens (including phenoxy) is 2. The van der Waals surface area contributed by atoms with E-state index in [1.807, 2.05) is 0 Å². The van der Waals surface area contributed by atoms with Gasteiger partial charge in [-0.2, -0.15) is 0 Å². The highest BCUT2D eigenvalue weighted by atomic mass is 16.5. The van der Waals surface area contributed by atoms with Crippen LogP contribution in [-0.4, -0.2) is 29.3 Å². The first-order valence-corrected chi connectivity index (χ1v) is 4.94. The van der Waals surface area contributed by atoms with Gasteiger partial charge < -0.3 is 19.6 Å². The molecule has 1 aromatic carbocycles. The average molecular weight is 236 g/mol. The Morgan fingerprint density at radius 1 is 1.41 bits per heavy atom. The number of aromatic nitrogens is 2. The smallest absolute Gasteiger partial charge is 0.258 e. The van der Waals surface area contributed by atoms with E-state index >= 15 is 0 Å². The van der Waals surface area contributed by atoms with Crippen molar-refractivity contribution < 1.29 is 14.6 Å². The molecule has 0 spiro atoms. The van der Waals surface area contributed by atoms with Crippen molar-refractivity contribution in [1.82, 2.24) is 9.97 Å². The number of rotatable bonds is 3. The lowest BCUT2D eigenvalue weighted by atomic mass is 10.2. The van der Waals surface area contributed by atoms with Crippen LogP contribution in [0, 0.1) is 0 Å². The quantitative estimate of drug-likeness (QED) is 0.822. The molecule has 6 nitrogen and oxygen atoms in total. The number of phenolic OH excluding ortho intramolecular Hbond substituents is 1. The number of nitrogens with one attached hydrogen (secondary N) is 1. The second-order valence-electron chi connectivity index (χ2n) is 3.49. The fraction of sp³-hybridized carbons (Fsp3) is 0.273. The van der Waals surface area contributed by atoms with Crippen molar-refractivity contribution in [2.24, 2.45) is 0 Å². The van der Waals surface area contributed by atoms with E-state index in [1.54, 1.807) is 0 Å². The Balaban J connectivity index is 2.69. The maximum absolute atomic E-state index is 11.7. The van der Waals surface area contributed by atoms with Gasteiger partial charge >= 0.3 is 0 Å². The Morgan fingerprint density at radius 3 is 2.82 bits per heavy atom. The molecule has 0 aliphatic carbocycles. The first-order chi connectivity index (χ1) is 8.15.